The van der Waals surface area contributed by atoms with E-state index in [1.54, 1.807) is 0 Å². The van der Waals surface area contributed by atoms with Gasteiger partial charge in [-0.25, -0.2) is 4.79 Å². The number of rotatable bonds is 7. The lowest BCUT2D eigenvalue weighted by Gasteiger charge is -2.20. The summed E-state index contributed by atoms with van der Waals surface area (Å²) in [4.78, 5) is 26.1. The van der Waals surface area contributed by atoms with Gasteiger partial charge in [0.15, 0.2) is 0 Å². The number of benzene rings is 1. The SMILES string of the molecule is COC(=O)NC(CC(C)C)C(=O)NCc1cccc(N2CC=CC2)c1. The molecule has 0 spiro atoms. The minimum atomic E-state index is -0.599. The van der Waals surface area contributed by atoms with Gasteiger partial charge in [0.25, 0.3) is 0 Å². The molecule has 0 aliphatic carbocycles. The largest absolute Gasteiger partial charge is 0.453 e. The first-order valence-corrected chi connectivity index (χ1v) is 8.60. The zero-order chi connectivity index (χ0) is 18.2. The van der Waals surface area contributed by atoms with E-state index in [2.05, 4.69) is 44.6 Å². The molecule has 1 aliphatic rings. The summed E-state index contributed by atoms with van der Waals surface area (Å²) < 4.78 is 4.61. The molecule has 0 aromatic heterocycles. The number of nitrogens with one attached hydrogen (secondary N) is 2. The Balaban J connectivity index is 1.94. The summed E-state index contributed by atoms with van der Waals surface area (Å²) in [5.74, 6) is 0.0752. The van der Waals surface area contributed by atoms with Gasteiger partial charge in [0.05, 0.1) is 7.11 Å². The monoisotopic (exact) mass is 345 g/mol. The fraction of sp³-hybridized carbons (Fsp3) is 0.474. The van der Waals surface area contributed by atoms with Gasteiger partial charge in [-0.3, -0.25) is 4.79 Å². The highest BCUT2D eigenvalue weighted by atomic mass is 16.5. The number of hydrogen-bond acceptors (Lipinski definition) is 4. The van der Waals surface area contributed by atoms with Gasteiger partial charge in [0, 0.05) is 25.3 Å². The lowest BCUT2D eigenvalue weighted by atomic mass is 10.0. The number of nitrogens with zero attached hydrogens (tertiary/aromatic N) is 1. The Hall–Kier alpha value is -2.50. The molecule has 2 amide bonds. The molecule has 1 unspecified atom stereocenters. The molecule has 6 nitrogen and oxygen atoms in total. The maximum absolute atomic E-state index is 12.4. The third-order valence-electron chi connectivity index (χ3n) is 4.06. The Bertz CT molecular complexity index is 620. The smallest absolute Gasteiger partial charge is 0.407 e. The normalized spacial score (nSPS) is 14.5. The predicted molar refractivity (Wildman–Crippen MR) is 98.4 cm³/mol. The van der Waals surface area contributed by atoms with Crippen LogP contribution in [0.5, 0.6) is 0 Å². The van der Waals surface area contributed by atoms with E-state index < -0.39 is 12.1 Å². The molecule has 1 heterocycles. The van der Waals surface area contributed by atoms with Crippen LogP contribution in [0.1, 0.15) is 25.8 Å². The minimum absolute atomic E-state index is 0.202. The molecule has 136 valence electrons. The average Bonchev–Trinajstić information content (AvgIpc) is 3.13. The van der Waals surface area contributed by atoms with Crippen molar-refractivity contribution >= 4 is 17.7 Å². The van der Waals surface area contributed by atoms with Gasteiger partial charge in [0.2, 0.25) is 5.91 Å². The molecule has 0 bridgehead atoms. The molecule has 1 aromatic rings. The first-order chi connectivity index (χ1) is 12.0. The summed E-state index contributed by atoms with van der Waals surface area (Å²) in [6.45, 7) is 6.26. The summed E-state index contributed by atoms with van der Waals surface area (Å²) in [6.07, 6.45) is 4.25. The molecule has 2 rings (SSSR count). The number of anilines is 1. The van der Waals surface area contributed by atoms with Gasteiger partial charge in [-0.05, 0) is 30.0 Å². The van der Waals surface area contributed by atoms with Crippen LogP contribution in [-0.4, -0.2) is 38.2 Å². The van der Waals surface area contributed by atoms with Crippen molar-refractivity contribution in [2.45, 2.75) is 32.9 Å². The second kappa shape index (κ2) is 9.11. The third-order valence-corrected chi connectivity index (χ3v) is 4.06. The van der Waals surface area contributed by atoms with Crippen molar-refractivity contribution in [1.29, 1.82) is 0 Å². The number of carbonyl (C=O) groups is 2. The van der Waals surface area contributed by atoms with Gasteiger partial charge in [-0.15, -0.1) is 0 Å². The first kappa shape index (κ1) is 18.8. The predicted octanol–water partition coefficient (Wildman–Crippen LogP) is 2.45. The summed E-state index contributed by atoms with van der Waals surface area (Å²) in [7, 11) is 1.29. The van der Waals surface area contributed by atoms with E-state index in [9.17, 15) is 9.59 Å². The van der Waals surface area contributed by atoms with Crippen molar-refractivity contribution in [3.05, 3.63) is 42.0 Å². The van der Waals surface area contributed by atoms with Crippen molar-refractivity contribution in [2.75, 3.05) is 25.1 Å². The van der Waals surface area contributed by atoms with Gasteiger partial charge < -0.3 is 20.3 Å². The number of ether oxygens (including phenoxy) is 1. The molecule has 0 fully saturated rings. The number of methoxy groups -OCH3 is 1. The number of carbonyl (C=O) groups excluding carboxylic acids is 2. The highest BCUT2D eigenvalue weighted by Crippen LogP contribution is 2.18. The van der Waals surface area contributed by atoms with Gasteiger partial charge in [-0.1, -0.05) is 38.1 Å². The fourth-order valence-corrected chi connectivity index (χ4v) is 2.77. The van der Waals surface area contributed by atoms with Gasteiger partial charge in [0.1, 0.15) is 6.04 Å². The van der Waals surface area contributed by atoms with Crippen molar-refractivity contribution in [3.8, 4) is 0 Å². The van der Waals surface area contributed by atoms with Crippen LogP contribution in [-0.2, 0) is 16.1 Å². The summed E-state index contributed by atoms with van der Waals surface area (Å²) in [5.41, 5.74) is 2.17. The van der Waals surface area contributed by atoms with Gasteiger partial charge in [-0.2, -0.15) is 0 Å². The molecule has 0 saturated carbocycles. The van der Waals surface area contributed by atoms with E-state index in [0.29, 0.717) is 13.0 Å². The van der Waals surface area contributed by atoms with E-state index in [0.717, 1.165) is 24.3 Å². The Morgan fingerprint density at radius 3 is 2.60 bits per heavy atom. The van der Waals surface area contributed by atoms with Crippen molar-refractivity contribution < 1.29 is 14.3 Å². The molecule has 1 atom stereocenters. The summed E-state index contributed by atoms with van der Waals surface area (Å²) in [6, 6.07) is 7.53. The van der Waals surface area contributed by atoms with E-state index in [1.165, 1.54) is 7.11 Å². The van der Waals surface area contributed by atoms with Crippen molar-refractivity contribution in [3.63, 3.8) is 0 Å². The molecule has 0 radical (unpaired) electrons. The van der Waals surface area contributed by atoms with Crippen LogP contribution in [0.15, 0.2) is 36.4 Å². The minimum Gasteiger partial charge on any atom is -0.453 e. The number of amides is 2. The van der Waals surface area contributed by atoms with E-state index in [-0.39, 0.29) is 11.8 Å². The molecular weight excluding hydrogens is 318 g/mol. The van der Waals surface area contributed by atoms with Crippen LogP contribution in [0, 0.1) is 5.92 Å². The topological polar surface area (TPSA) is 70.7 Å². The van der Waals surface area contributed by atoms with Crippen LogP contribution in [0.4, 0.5) is 10.5 Å². The van der Waals surface area contributed by atoms with E-state index >= 15 is 0 Å². The standard InChI is InChI=1S/C19H27N3O3/c1-14(2)11-17(21-19(24)25-3)18(23)20-13-15-7-6-8-16(12-15)22-9-4-5-10-22/h4-8,12,14,17H,9-11,13H2,1-3H3,(H,20,23)(H,21,24). The fourth-order valence-electron chi connectivity index (χ4n) is 2.77. The lowest BCUT2D eigenvalue weighted by molar-refractivity contribution is -0.123. The lowest BCUT2D eigenvalue weighted by Crippen LogP contribution is -2.47. The quantitative estimate of drug-likeness (QED) is 0.745. The van der Waals surface area contributed by atoms with Crippen LogP contribution in [0.3, 0.4) is 0 Å². The highest BCUT2D eigenvalue weighted by molar-refractivity contribution is 5.85. The molecule has 2 N–H and O–H groups in total. The Labute approximate surface area is 149 Å². The number of hydrogen-bond donors (Lipinski definition) is 2. The maximum Gasteiger partial charge on any atom is 0.407 e. The Morgan fingerprint density at radius 1 is 1.24 bits per heavy atom. The van der Waals surface area contributed by atoms with Crippen LogP contribution >= 0.6 is 0 Å². The maximum atomic E-state index is 12.4. The summed E-state index contributed by atoms with van der Waals surface area (Å²) in [5, 5.41) is 5.51. The second-order valence-corrected chi connectivity index (χ2v) is 6.58. The second-order valence-electron chi connectivity index (χ2n) is 6.58. The first-order valence-electron chi connectivity index (χ1n) is 8.60. The van der Waals surface area contributed by atoms with Gasteiger partial charge >= 0.3 is 6.09 Å². The molecular formula is C19H27N3O3. The molecule has 0 saturated heterocycles. The van der Waals surface area contributed by atoms with E-state index in [1.807, 2.05) is 26.0 Å². The van der Waals surface area contributed by atoms with Crippen LogP contribution < -0.4 is 15.5 Å². The Kier molecular flexibility index (Phi) is 6.86. The summed E-state index contributed by atoms with van der Waals surface area (Å²) >= 11 is 0. The third kappa shape index (κ3) is 5.81. The van der Waals surface area contributed by atoms with Crippen LogP contribution in [0.2, 0.25) is 0 Å². The number of alkyl carbamates (subject to hydrolysis) is 1. The zero-order valence-electron chi connectivity index (χ0n) is 15.1. The van der Waals surface area contributed by atoms with E-state index in [4.69, 9.17) is 0 Å². The van der Waals surface area contributed by atoms with Crippen molar-refractivity contribution in [2.24, 2.45) is 5.92 Å². The van der Waals surface area contributed by atoms with Crippen LogP contribution in [0.25, 0.3) is 0 Å². The molecule has 6 heteroatoms. The molecule has 25 heavy (non-hydrogen) atoms. The Morgan fingerprint density at radius 2 is 1.96 bits per heavy atom. The highest BCUT2D eigenvalue weighted by Gasteiger charge is 2.22. The van der Waals surface area contributed by atoms with Crippen molar-refractivity contribution in [1.82, 2.24) is 10.6 Å². The molecule has 1 aromatic carbocycles. The molecule has 1 aliphatic heterocycles. The zero-order valence-corrected chi connectivity index (χ0v) is 15.1. The average molecular weight is 345 g/mol.